The van der Waals surface area contributed by atoms with Gasteiger partial charge in [0, 0.05) is 31.3 Å². The Morgan fingerprint density at radius 1 is 1.21 bits per heavy atom. The van der Waals surface area contributed by atoms with Gasteiger partial charge in [-0.2, -0.15) is 5.10 Å². The Bertz CT molecular complexity index is 865. The van der Waals surface area contributed by atoms with Gasteiger partial charge in [0.1, 0.15) is 5.82 Å². The van der Waals surface area contributed by atoms with E-state index in [0.717, 1.165) is 38.6 Å². The minimum atomic E-state index is -0.529. The van der Waals surface area contributed by atoms with Crippen molar-refractivity contribution in [3.63, 3.8) is 0 Å². The van der Waals surface area contributed by atoms with Crippen molar-refractivity contribution in [2.24, 2.45) is 0 Å². The minimum Gasteiger partial charge on any atom is -0.391 e. The van der Waals surface area contributed by atoms with Crippen LogP contribution in [0.3, 0.4) is 0 Å². The number of carbonyl (C=O) groups excluding carboxylic acids is 1. The Kier molecular flexibility index (Phi) is 5.43. The maximum atomic E-state index is 12.3. The molecule has 1 saturated heterocycles. The normalized spacial score (nSPS) is 25.0. The fourth-order valence-electron chi connectivity index (χ4n) is 4.16. The maximum Gasteiger partial charge on any atom is 0.289 e. The van der Waals surface area contributed by atoms with Crippen LogP contribution in [0.25, 0.3) is 0 Å². The van der Waals surface area contributed by atoms with Gasteiger partial charge >= 0.3 is 0 Å². The van der Waals surface area contributed by atoms with Crippen LogP contribution in [0, 0.1) is 0 Å². The largest absolute Gasteiger partial charge is 0.391 e. The van der Waals surface area contributed by atoms with E-state index in [1.54, 1.807) is 6.07 Å². The summed E-state index contributed by atoms with van der Waals surface area (Å²) in [6.45, 7) is 1.26. The van der Waals surface area contributed by atoms with Crippen LogP contribution >= 0.6 is 0 Å². The molecule has 150 valence electrons. The summed E-state index contributed by atoms with van der Waals surface area (Å²) in [5.41, 5.74) is -0.193. The Balaban J connectivity index is 1.51. The van der Waals surface area contributed by atoms with Crippen molar-refractivity contribution in [2.45, 2.75) is 56.7 Å². The first kappa shape index (κ1) is 18.7. The van der Waals surface area contributed by atoms with Crippen molar-refractivity contribution in [1.29, 1.82) is 0 Å². The molecular formula is C19H25N5O4. The molecule has 2 fully saturated rings. The summed E-state index contributed by atoms with van der Waals surface area (Å²) in [5, 5.41) is 21.2. The van der Waals surface area contributed by atoms with Gasteiger partial charge in [0.05, 0.1) is 18.3 Å². The van der Waals surface area contributed by atoms with E-state index >= 15 is 0 Å². The van der Waals surface area contributed by atoms with Crippen molar-refractivity contribution in [1.82, 2.24) is 20.3 Å². The van der Waals surface area contributed by atoms with Crippen LogP contribution in [0.2, 0.25) is 0 Å². The molecule has 2 aliphatic rings. The van der Waals surface area contributed by atoms with Crippen LogP contribution in [0.5, 0.6) is 0 Å². The molecule has 0 radical (unpaired) electrons. The molecule has 4 rings (SSSR count). The standard InChI is InChI=1S/C19H25N5O4/c25-15-6-3-5-14(15)24-18(26)8-7-17(22-24)23-11-2-1-4-13(23)12-20-19(27)16-9-10-21-28-16/h7-10,13-15,25H,1-6,11-12H2,(H,20,27). The minimum absolute atomic E-state index is 0.0765. The number of anilines is 1. The molecule has 0 bridgehead atoms. The van der Waals surface area contributed by atoms with Crippen LogP contribution < -0.4 is 15.8 Å². The van der Waals surface area contributed by atoms with Crippen LogP contribution in [0.1, 0.15) is 55.1 Å². The van der Waals surface area contributed by atoms with Crippen molar-refractivity contribution in [3.8, 4) is 0 Å². The Morgan fingerprint density at radius 3 is 2.86 bits per heavy atom. The monoisotopic (exact) mass is 387 g/mol. The number of amides is 1. The van der Waals surface area contributed by atoms with Crippen LogP contribution in [0.4, 0.5) is 5.82 Å². The molecule has 3 unspecified atom stereocenters. The highest BCUT2D eigenvalue weighted by molar-refractivity contribution is 5.91. The van der Waals surface area contributed by atoms with E-state index < -0.39 is 6.10 Å². The maximum absolute atomic E-state index is 12.3. The first-order chi connectivity index (χ1) is 13.6. The number of aromatic nitrogens is 3. The summed E-state index contributed by atoms with van der Waals surface area (Å²) < 4.78 is 6.33. The average Bonchev–Trinajstić information content (AvgIpc) is 3.39. The van der Waals surface area contributed by atoms with Crippen molar-refractivity contribution in [2.75, 3.05) is 18.0 Å². The molecule has 9 heteroatoms. The highest BCUT2D eigenvalue weighted by atomic mass is 16.5. The Morgan fingerprint density at radius 2 is 2.11 bits per heavy atom. The summed E-state index contributed by atoms with van der Waals surface area (Å²) in [7, 11) is 0. The summed E-state index contributed by atoms with van der Waals surface area (Å²) in [6.07, 6.45) is 6.27. The Hall–Kier alpha value is -2.68. The highest BCUT2D eigenvalue weighted by Crippen LogP contribution is 2.29. The van der Waals surface area contributed by atoms with Crippen LogP contribution in [0.15, 0.2) is 33.7 Å². The van der Waals surface area contributed by atoms with E-state index in [2.05, 4.69) is 20.5 Å². The third-order valence-electron chi connectivity index (χ3n) is 5.65. The van der Waals surface area contributed by atoms with Crippen molar-refractivity contribution in [3.05, 3.63) is 40.5 Å². The summed E-state index contributed by atoms with van der Waals surface area (Å²) in [4.78, 5) is 26.6. The van der Waals surface area contributed by atoms with E-state index in [1.807, 2.05) is 0 Å². The zero-order valence-electron chi connectivity index (χ0n) is 15.7. The molecule has 1 amide bonds. The lowest BCUT2D eigenvalue weighted by Crippen LogP contribution is -2.48. The molecule has 2 aromatic heterocycles. The van der Waals surface area contributed by atoms with Gasteiger partial charge in [-0.3, -0.25) is 9.59 Å². The van der Waals surface area contributed by atoms with Gasteiger partial charge in [-0.15, -0.1) is 0 Å². The molecule has 2 aromatic rings. The fraction of sp³-hybridized carbons (Fsp3) is 0.579. The number of piperidine rings is 1. The molecule has 0 aromatic carbocycles. The number of carbonyl (C=O) groups is 1. The fourth-order valence-corrected chi connectivity index (χ4v) is 4.16. The molecule has 2 N–H and O–H groups in total. The molecule has 9 nitrogen and oxygen atoms in total. The zero-order chi connectivity index (χ0) is 19.5. The van der Waals surface area contributed by atoms with Gasteiger partial charge in [0.25, 0.3) is 11.5 Å². The topological polar surface area (TPSA) is 113 Å². The van der Waals surface area contributed by atoms with E-state index in [4.69, 9.17) is 4.52 Å². The number of hydrogen-bond donors (Lipinski definition) is 2. The van der Waals surface area contributed by atoms with Gasteiger partial charge in [0.2, 0.25) is 5.76 Å². The first-order valence-electron chi connectivity index (χ1n) is 9.87. The van der Waals surface area contributed by atoms with Crippen molar-refractivity contribution >= 4 is 11.7 Å². The van der Waals surface area contributed by atoms with E-state index in [-0.39, 0.29) is 29.3 Å². The lowest BCUT2D eigenvalue weighted by Gasteiger charge is -2.37. The molecule has 1 saturated carbocycles. The highest BCUT2D eigenvalue weighted by Gasteiger charge is 2.30. The van der Waals surface area contributed by atoms with Crippen molar-refractivity contribution < 1.29 is 14.4 Å². The average molecular weight is 387 g/mol. The zero-order valence-corrected chi connectivity index (χ0v) is 15.7. The predicted octanol–water partition coefficient (Wildman–Crippen LogP) is 1.11. The number of aliphatic hydroxyl groups excluding tert-OH is 1. The predicted molar refractivity (Wildman–Crippen MR) is 101 cm³/mol. The lowest BCUT2D eigenvalue weighted by atomic mass is 10.0. The number of hydrogen-bond acceptors (Lipinski definition) is 7. The van der Waals surface area contributed by atoms with E-state index in [9.17, 15) is 14.7 Å². The van der Waals surface area contributed by atoms with Gasteiger partial charge < -0.3 is 19.8 Å². The number of rotatable bonds is 5. The van der Waals surface area contributed by atoms with Gasteiger partial charge in [-0.05, 0) is 44.6 Å². The second-order valence-electron chi connectivity index (χ2n) is 7.47. The molecule has 3 atom stereocenters. The van der Waals surface area contributed by atoms with Crippen LogP contribution in [-0.2, 0) is 0 Å². The summed E-state index contributed by atoms with van der Waals surface area (Å²) in [6, 6.07) is 4.59. The molecule has 1 aliphatic heterocycles. The number of nitrogens with zero attached hydrogens (tertiary/aromatic N) is 4. The lowest BCUT2D eigenvalue weighted by molar-refractivity contribution is 0.0912. The van der Waals surface area contributed by atoms with Gasteiger partial charge in [0.15, 0.2) is 0 Å². The van der Waals surface area contributed by atoms with Gasteiger partial charge in [-0.25, -0.2) is 4.68 Å². The molecule has 0 spiro atoms. The smallest absolute Gasteiger partial charge is 0.289 e. The summed E-state index contributed by atoms with van der Waals surface area (Å²) in [5.74, 6) is 0.594. The van der Waals surface area contributed by atoms with E-state index in [0.29, 0.717) is 18.8 Å². The van der Waals surface area contributed by atoms with Gasteiger partial charge in [-0.1, -0.05) is 5.16 Å². The second kappa shape index (κ2) is 8.14. The quantitative estimate of drug-likeness (QED) is 0.790. The van der Waals surface area contributed by atoms with E-state index in [1.165, 1.54) is 23.0 Å². The first-order valence-corrected chi connectivity index (χ1v) is 9.87. The molecule has 1 aliphatic carbocycles. The number of nitrogens with one attached hydrogen (secondary N) is 1. The third-order valence-corrected chi connectivity index (χ3v) is 5.65. The summed E-state index contributed by atoms with van der Waals surface area (Å²) >= 11 is 0. The Labute approximate surface area is 162 Å². The number of aliphatic hydroxyl groups is 1. The molecule has 28 heavy (non-hydrogen) atoms. The molecular weight excluding hydrogens is 362 g/mol. The SMILES string of the molecule is O=C(NCC1CCCCN1c1ccc(=O)n(C2CCCC2O)n1)c1ccno1. The third kappa shape index (κ3) is 3.80. The second-order valence-corrected chi connectivity index (χ2v) is 7.47. The molecule has 3 heterocycles. The van der Waals surface area contributed by atoms with Crippen LogP contribution in [-0.4, -0.2) is 51.2 Å².